The van der Waals surface area contributed by atoms with Gasteiger partial charge in [-0.3, -0.25) is 4.79 Å². The Morgan fingerprint density at radius 3 is 2.19 bits per heavy atom. The Balaban J connectivity index is 2.40. The van der Waals surface area contributed by atoms with Crippen LogP contribution >= 0.6 is 0 Å². The minimum atomic E-state index is -3.57. The number of sulfone groups is 1. The molecule has 0 amide bonds. The first-order valence-corrected chi connectivity index (χ1v) is 10.1. The molecule has 0 saturated carbocycles. The fourth-order valence-corrected chi connectivity index (χ4v) is 4.11. The topological polar surface area (TPSA) is 80.8 Å². The highest BCUT2D eigenvalue weighted by Gasteiger charge is 2.33. The number of ether oxygens (including phenoxy) is 1. The molecule has 144 valence electrons. The number of hydrogen-bond acceptors (Lipinski definition) is 6. The third-order valence-electron chi connectivity index (χ3n) is 4.25. The summed E-state index contributed by atoms with van der Waals surface area (Å²) in [6.07, 6.45) is 0. The number of rotatable bonds is 8. The highest BCUT2D eigenvalue weighted by Crippen LogP contribution is 2.23. The van der Waals surface area contributed by atoms with Gasteiger partial charge in [-0.25, -0.2) is 13.2 Å². The fraction of sp³-hybridized carbons (Fsp3) is 0.300. The van der Waals surface area contributed by atoms with Crippen molar-refractivity contribution >= 4 is 27.3 Å². The van der Waals surface area contributed by atoms with Crippen LogP contribution in [0.3, 0.4) is 0 Å². The molecule has 2 rings (SSSR count). The molecule has 2 aromatic carbocycles. The van der Waals surface area contributed by atoms with Gasteiger partial charge in [0.15, 0.2) is 21.7 Å². The molecule has 0 radical (unpaired) electrons. The molecular formula is C20H23NO5S. The van der Waals surface area contributed by atoms with Gasteiger partial charge in [0.05, 0.1) is 17.8 Å². The van der Waals surface area contributed by atoms with E-state index in [1.165, 1.54) is 31.1 Å². The summed E-state index contributed by atoms with van der Waals surface area (Å²) >= 11 is 0. The molecule has 0 aromatic heterocycles. The second-order valence-electron chi connectivity index (χ2n) is 6.15. The van der Waals surface area contributed by atoms with E-state index in [1.54, 1.807) is 30.3 Å². The summed E-state index contributed by atoms with van der Waals surface area (Å²) in [6.45, 7) is 3.10. The first-order valence-electron chi connectivity index (χ1n) is 8.46. The second kappa shape index (κ2) is 8.81. The fourth-order valence-electron chi connectivity index (χ4n) is 2.86. The van der Waals surface area contributed by atoms with Crippen molar-refractivity contribution in [1.29, 1.82) is 0 Å². The van der Waals surface area contributed by atoms with Gasteiger partial charge in [0, 0.05) is 12.2 Å². The Kier molecular flexibility index (Phi) is 6.74. The summed E-state index contributed by atoms with van der Waals surface area (Å²) in [7, 11) is -2.37. The third-order valence-corrected chi connectivity index (χ3v) is 5.96. The average Bonchev–Trinajstić information content (AvgIpc) is 2.65. The summed E-state index contributed by atoms with van der Waals surface area (Å²) in [4.78, 5) is 26.1. The molecule has 0 spiro atoms. The van der Waals surface area contributed by atoms with Crippen molar-refractivity contribution in [2.45, 2.75) is 24.8 Å². The number of carbonyl (C=O) groups is 2. The summed E-state index contributed by atoms with van der Waals surface area (Å²) in [5.41, 5.74) is 1.44. The van der Waals surface area contributed by atoms with Crippen LogP contribution in [0.25, 0.3) is 0 Å². The van der Waals surface area contributed by atoms with E-state index < -0.39 is 27.6 Å². The quantitative estimate of drug-likeness (QED) is 0.509. The smallest absolute Gasteiger partial charge is 0.336 e. The number of anilines is 1. The zero-order chi connectivity index (χ0) is 20.0. The first-order chi connectivity index (χ1) is 12.8. The summed E-state index contributed by atoms with van der Waals surface area (Å²) < 4.78 is 30.1. The SMILES string of the molecule is COC(=O)C(C(C)=O)N(CCS(=O)(=O)c1ccccc1)c1ccccc1C. The van der Waals surface area contributed by atoms with Crippen LogP contribution in [0.4, 0.5) is 5.69 Å². The lowest BCUT2D eigenvalue weighted by atomic mass is 10.1. The van der Waals surface area contributed by atoms with Gasteiger partial charge in [0.25, 0.3) is 0 Å². The molecule has 0 aliphatic rings. The number of nitrogens with zero attached hydrogens (tertiary/aromatic N) is 1. The molecule has 0 aliphatic carbocycles. The lowest BCUT2D eigenvalue weighted by Crippen LogP contribution is -2.49. The normalized spacial score (nSPS) is 12.3. The Labute approximate surface area is 159 Å². The molecule has 1 atom stereocenters. The van der Waals surface area contributed by atoms with Crippen molar-refractivity contribution in [2.75, 3.05) is 24.3 Å². The minimum Gasteiger partial charge on any atom is -0.467 e. The molecule has 6 nitrogen and oxygen atoms in total. The van der Waals surface area contributed by atoms with Gasteiger partial charge in [0.2, 0.25) is 0 Å². The molecule has 27 heavy (non-hydrogen) atoms. The maximum atomic E-state index is 12.7. The number of aryl methyl sites for hydroxylation is 1. The summed E-state index contributed by atoms with van der Waals surface area (Å²) in [5, 5.41) is 0. The molecule has 0 heterocycles. The van der Waals surface area contributed by atoms with Crippen molar-refractivity contribution < 1.29 is 22.7 Å². The van der Waals surface area contributed by atoms with Gasteiger partial charge in [-0.05, 0) is 37.6 Å². The number of para-hydroxylation sites is 1. The van der Waals surface area contributed by atoms with E-state index in [4.69, 9.17) is 4.74 Å². The van der Waals surface area contributed by atoms with E-state index >= 15 is 0 Å². The molecule has 7 heteroatoms. The zero-order valence-electron chi connectivity index (χ0n) is 15.6. The number of benzene rings is 2. The number of Topliss-reactive ketones (excluding diaryl/α,β-unsaturated/α-hetero) is 1. The largest absolute Gasteiger partial charge is 0.467 e. The van der Waals surface area contributed by atoms with E-state index in [2.05, 4.69) is 0 Å². The van der Waals surface area contributed by atoms with Crippen molar-refractivity contribution in [3.8, 4) is 0 Å². The van der Waals surface area contributed by atoms with Gasteiger partial charge >= 0.3 is 5.97 Å². The monoisotopic (exact) mass is 389 g/mol. The summed E-state index contributed by atoms with van der Waals surface area (Å²) in [5.74, 6) is -1.38. The first kappa shape index (κ1) is 20.6. The number of hydrogen-bond donors (Lipinski definition) is 0. The van der Waals surface area contributed by atoms with Gasteiger partial charge in [-0.2, -0.15) is 0 Å². The summed E-state index contributed by atoms with van der Waals surface area (Å²) in [6, 6.07) is 14.1. The second-order valence-corrected chi connectivity index (χ2v) is 8.26. The van der Waals surface area contributed by atoms with Gasteiger partial charge in [-0.15, -0.1) is 0 Å². The molecule has 0 fully saturated rings. The van der Waals surface area contributed by atoms with Crippen LogP contribution in [0.2, 0.25) is 0 Å². The van der Waals surface area contributed by atoms with Crippen LogP contribution in [0, 0.1) is 6.92 Å². The van der Waals surface area contributed by atoms with E-state index in [0.717, 1.165) is 5.56 Å². The molecule has 2 aromatic rings. The van der Waals surface area contributed by atoms with E-state index in [1.807, 2.05) is 19.1 Å². The zero-order valence-corrected chi connectivity index (χ0v) is 16.4. The van der Waals surface area contributed by atoms with Crippen LogP contribution in [0.1, 0.15) is 12.5 Å². The minimum absolute atomic E-state index is 0.0264. The molecule has 0 saturated heterocycles. The standard InChI is InChI=1S/C20H23NO5S/c1-15-9-7-8-12-18(15)21(19(16(2)22)20(23)26-3)13-14-27(24,25)17-10-5-4-6-11-17/h4-12,19H,13-14H2,1-3H3. The highest BCUT2D eigenvalue weighted by molar-refractivity contribution is 7.91. The third kappa shape index (κ3) is 4.95. The Morgan fingerprint density at radius 1 is 1.04 bits per heavy atom. The maximum Gasteiger partial charge on any atom is 0.336 e. The highest BCUT2D eigenvalue weighted by atomic mass is 32.2. The van der Waals surface area contributed by atoms with Gasteiger partial charge < -0.3 is 9.64 Å². The maximum absolute atomic E-state index is 12.7. The Bertz CT molecular complexity index is 909. The molecule has 0 N–H and O–H groups in total. The van der Waals surface area contributed by atoms with Gasteiger partial charge in [-0.1, -0.05) is 36.4 Å². The van der Waals surface area contributed by atoms with Crippen molar-refractivity contribution in [3.63, 3.8) is 0 Å². The van der Waals surface area contributed by atoms with Crippen LogP contribution in [0.5, 0.6) is 0 Å². The van der Waals surface area contributed by atoms with E-state index in [9.17, 15) is 18.0 Å². The van der Waals surface area contributed by atoms with Crippen molar-refractivity contribution in [1.82, 2.24) is 0 Å². The van der Waals surface area contributed by atoms with Crippen LogP contribution < -0.4 is 4.90 Å². The van der Waals surface area contributed by atoms with Crippen LogP contribution in [-0.2, 0) is 24.2 Å². The molecule has 0 aliphatic heterocycles. The number of esters is 1. The Morgan fingerprint density at radius 2 is 1.63 bits per heavy atom. The Hall–Kier alpha value is -2.67. The predicted molar refractivity (Wildman–Crippen MR) is 104 cm³/mol. The predicted octanol–water partition coefficient (Wildman–Crippen LogP) is 2.41. The van der Waals surface area contributed by atoms with Gasteiger partial charge in [0.1, 0.15) is 0 Å². The average molecular weight is 389 g/mol. The number of carbonyl (C=O) groups excluding carboxylic acids is 2. The molecular weight excluding hydrogens is 366 g/mol. The lowest BCUT2D eigenvalue weighted by Gasteiger charge is -2.31. The molecule has 0 bridgehead atoms. The number of methoxy groups -OCH3 is 1. The van der Waals surface area contributed by atoms with Crippen LogP contribution in [-0.4, -0.2) is 45.6 Å². The number of ketones is 1. The molecule has 1 unspecified atom stereocenters. The van der Waals surface area contributed by atoms with Crippen molar-refractivity contribution in [2.24, 2.45) is 0 Å². The van der Waals surface area contributed by atoms with Crippen molar-refractivity contribution in [3.05, 3.63) is 60.2 Å². The van der Waals surface area contributed by atoms with E-state index in [0.29, 0.717) is 5.69 Å². The van der Waals surface area contributed by atoms with Crippen LogP contribution in [0.15, 0.2) is 59.5 Å². The van der Waals surface area contributed by atoms with E-state index in [-0.39, 0.29) is 17.2 Å². The lowest BCUT2D eigenvalue weighted by molar-refractivity contribution is -0.145.